The maximum atomic E-state index is 12.1. The first-order valence-electron chi connectivity index (χ1n) is 7.77. The van der Waals surface area contributed by atoms with E-state index >= 15 is 0 Å². The fourth-order valence-corrected chi connectivity index (χ4v) is 3.68. The second-order valence-electron chi connectivity index (χ2n) is 5.60. The number of hydrogen-bond donors (Lipinski definition) is 1. The molecule has 1 aromatic carbocycles. The van der Waals surface area contributed by atoms with Crippen molar-refractivity contribution in [3.63, 3.8) is 0 Å². The molecular formula is C18H18N4OS2. The molecule has 3 aromatic rings. The van der Waals surface area contributed by atoms with Crippen LogP contribution in [0.2, 0.25) is 0 Å². The predicted octanol–water partition coefficient (Wildman–Crippen LogP) is 4.26. The molecule has 0 atom stereocenters. The van der Waals surface area contributed by atoms with E-state index in [9.17, 15) is 4.79 Å². The standard InChI is InChI=1S/C18H18N4OS2/c1-11-8-12(2)20-18(19-11)25-10-17(23)22-15-6-4-14(5-7-15)16-9-24-13(3)21-16/h4-9H,10H2,1-3H3,(H,22,23). The number of aryl methyl sites for hydroxylation is 3. The molecule has 0 fully saturated rings. The molecule has 0 aliphatic heterocycles. The van der Waals surface area contributed by atoms with E-state index in [-0.39, 0.29) is 11.7 Å². The number of carbonyl (C=O) groups is 1. The lowest BCUT2D eigenvalue weighted by molar-refractivity contribution is -0.113. The number of rotatable bonds is 5. The van der Waals surface area contributed by atoms with Crippen molar-refractivity contribution in [1.82, 2.24) is 15.0 Å². The Morgan fingerprint density at radius 3 is 2.36 bits per heavy atom. The summed E-state index contributed by atoms with van der Waals surface area (Å²) in [6, 6.07) is 9.61. The van der Waals surface area contributed by atoms with Gasteiger partial charge in [-0.15, -0.1) is 11.3 Å². The van der Waals surface area contributed by atoms with Gasteiger partial charge in [-0.25, -0.2) is 15.0 Å². The van der Waals surface area contributed by atoms with Gasteiger partial charge in [-0.05, 0) is 39.0 Å². The van der Waals surface area contributed by atoms with Crippen LogP contribution < -0.4 is 5.32 Å². The second kappa shape index (κ2) is 7.76. The fourth-order valence-electron chi connectivity index (χ4n) is 2.31. The highest BCUT2D eigenvalue weighted by Crippen LogP contribution is 2.23. The van der Waals surface area contributed by atoms with Gasteiger partial charge in [0.15, 0.2) is 5.16 Å². The molecule has 5 nitrogen and oxygen atoms in total. The van der Waals surface area contributed by atoms with Crippen LogP contribution >= 0.6 is 23.1 Å². The Balaban J connectivity index is 1.57. The number of hydrogen-bond acceptors (Lipinski definition) is 6. The van der Waals surface area contributed by atoms with Crippen molar-refractivity contribution >= 4 is 34.7 Å². The molecule has 2 heterocycles. The number of nitrogens with one attached hydrogen (secondary N) is 1. The quantitative estimate of drug-likeness (QED) is 0.537. The number of anilines is 1. The maximum Gasteiger partial charge on any atom is 0.234 e. The smallest absolute Gasteiger partial charge is 0.234 e. The zero-order chi connectivity index (χ0) is 17.8. The van der Waals surface area contributed by atoms with Crippen molar-refractivity contribution in [2.24, 2.45) is 0 Å². The molecule has 25 heavy (non-hydrogen) atoms. The summed E-state index contributed by atoms with van der Waals surface area (Å²) in [5, 5.41) is 6.59. The molecule has 2 aromatic heterocycles. The molecule has 0 aliphatic rings. The van der Waals surface area contributed by atoms with Gasteiger partial charge in [0, 0.05) is 28.0 Å². The third kappa shape index (κ3) is 4.87. The van der Waals surface area contributed by atoms with Crippen molar-refractivity contribution in [2.45, 2.75) is 25.9 Å². The SMILES string of the molecule is Cc1cc(C)nc(SCC(=O)Nc2ccc(-c3csc(C)n3)cc2)n1. The number of thioether (sulfide) groups is 1. The number of amides is 1. The topological polar surface area (TPSA) is 67.8 Å². The van der Waals surface area contributed by atoms with Gasteiger partial charge >= 0.3 is 0 Å². The van der Waals surface area contributed by atoms with E-state index in [2.05, 4.69) is 20.3 Å². The van der Waals surface area contributed by atoms with Crippen molar-refractivity contribution in [2.75, 3.05) is 11.1 Å². The summed E-state index contributed by atoms with van der Waals surface area (Å²) in [5.41, 5.74) is 4.58. The van der Waals surface area contributed by atoms with Crippen LogP contribution in [-0.4, -0.2) is 26.6 Å². The van der Waals surface area contributed by atoms with Gasteiger partial charge in [-0.1, -0.05) is 23.9 Å². The summed E-state index contributed by atoms with van der Waals surface area (Å²) in [7, 11) is 0. The summed E-state index contributed by atoms with van der Waals surface area (Å²) in [5.74, 6) is 0.195. The van der Waals surface area contributed by atoms with Crippen LogP contribution in [0, 0.1) is 20.8 Å². The van der Waals surface area contributed by atoms with Crippen LogP contribution in [0.4, 0.5) is 5.69 Å². The first-order valence-corrected chi connectivity index (χ1v) is 9.63. The summed E-state index contributed by atoms with van der Waals surface area (Å²) in [6.07, 6.45) is 0. The van der Waals surface area contributed by atoms with Crippen LogP contribution in [0.25, 0.3) is 11.3 Å². The number of nitrogens with zero attached hydrogens (tertiary/aromatic N) is 3. The summed E-state index contributed by atoms with van der Waals surface area (Å²) >= 11 is 2.96. The highest BCUT2D eigenvalue weighted by Gasteiger charge is 2.07. The number of thiazole rings is 1. The van der Waals surface area contributed by atoms with Crippen LogP contribution in [0.15, 0.2) is 40.9 Å². The molecule has 3 rings (SSSR count). The van der Waals surface area contributed by atoms with Gasteiger partial charge in [0.2, 0.25) is 5.91 Å². The molecule has 1 N–H and O–H groups in total. The van der Waals surface area contributed by atoms with E-state index in [1.165, 1.54) is 11.8 Å². The molecular weight excluding hydrogens is 352 g/mol. The molecule has 0 aliphatic carbocycles. The summed E-state index contributed by atoms with van der Waals surface area (Å²) in [6.45, 7) is 5.83. The molecule has 0 radical (unpaired) electrons. The van der Waals surface area contributed by atoms with E-state index in [4.69, 9.17) is 0 Å². The Kier molecular flexibility index (Phi) is 5.45. The first kappa shape index (κ1) is 17.6. The van der Waals surface area contributed by atoms with Crippen molar-refractivity contribution in [3.05, 3.63) is 52.1 Å². The molecule has 1 amide bonds. The lowest BCUT2D eigenvalue weighted by Gasteiger charge is -2.06. The lowest BCUT2D eigenvalue weighted by Crippen LogP contribution is -2.14. The monoisotopic (exact) mass is 370 g/mol. The molecule has 7 heteroatoms. The van der Waals surface area contributed by atoms with E-state index in [0.29, 0.717) is 5.16 Å². The number of benzene rings is 1. The van der Waals surface area contributed by atoms with Gasteiger partial charge in [-0.2, -0.15) is 0 Å². The second-order valence-corrected chi connectivity index (χ2v) is 7.60. The Bertz CT molecular complexity index is 870. The Morgan fingerprint density at radius 2 is 1.76 bits per heavy atom. The Labute approximate surface area is 155 Å². The van der Waals surface area contributed by atoms with Crippen LogP contribution in [0.5, 0.6) is 0 Å². The van der Waals surface area contributed by atoms with E-state index in [1.54, 1.807) is 11.3 Å². The van der Waals surface area contributed by atoms with Gasteiger partial charge in [0.05, 0.1) is 16.5 Å². The molecule has 0 saturated heterocycles. The predicted molar refractivity (Wildman–Crippen MR) is 103 cm³/mol. The zero-order valence-electron chi connectivity index (χ0n) is 14.2. The highest BCUT2D eigenvalue weighted by molar-refractivity contribution is 7.99. The van der Waals surface area contributed by atoms with Crippen LogP contribution in [0.1, 0.15) is 16.4 Å². The van der Waals surface area contributed by atoms with Crippen molar-refractivity contribution < 1.29 is 4.79 Å². The number of carbonyl (C=O) groups excluding carboxylic acids is 1. The minimum absolute atomic E-state index is 0.0787. The van der Waals surface area contributed by atoms with Gasteiger partial charge in [0.25, 0.3) is 0 Å². The van der Waals surface area contributed by atoms with E-state index < -0.39 is 0 Å². The normalized spacial score (nSPS) is 10.7. The average Bonchev–Trinajstić information content (AvgIpc) is 2.99. The van der Waals surface area contributed by atoms with Gasteiger partial charge < -0.3 is 5.32 Å². The Hall–Kier alpha value is -2.25. The third-order valence-electron chi connectivity index (χ3n) is 3.38. The fraction of sp³-hybridized carbons (Fsp3) is 0.222. The highest BCUT2D eigenvalue weighted by atomic mass is 32.2. The molecule has 0 spiro atoms. The molecule has 0 saturated carbocycles. The van der Waals surface area contributed by atoms with Crippen molar-refractivity contribution in [1.29, 1.82) is 0 Å². The lowest BCUT2D eigenvalue weighted by atomic mass is 10.1. The molecule has 0 unspecified atom stereocenters. The number of aromatic nitrogens is 3. The summed E-state index contributed by atoms with van der Waals surface area (Å²) < 4.78 is 0. The van der Waals surface area contributed by atoms with Crippen LogP contribution in [-0.2, 0) is 4.79 Å². The molecule has 0 bridgehead atoms. The van der Waals surface area contributed by atoms with Gasteiger partial charge in [0.1, 0.15) is 0 Å². The van der Waals surface area contributed by atoms with E-state index in [1.807, 2.05) is 56.5 Å². The minimum atomic E-state index is -0.0787. The Morgan fingerprint density at radius 1 is 1.08 bits per heavy atom. The van der Waals surface area contributed by atoms with Gasteiger partial charge in [-0.3, -0.25) is 4.79 Å². The minimum Gasteiger partial charge on any atom is -0.325 e. The average molecular weight is 371 g/mol. The molecule has 128 valence electrons. The third-order valence-corrected chi connectivity index (χ3v) is 5.00. The summed E-state index contributed by atoms with van der Waals surface area (Å²) in [4.78, 5) is 25.2. The first-order chi connectivity index (χ1) is 12.0. The van der Waals surface area contributed by atoms with Crippen LogP contribution in [0.3, 0.4) is 0 Å². The zero-order valence-corrected chi connectivity index (χ0v) is 15.9. The van der Waals surface area contributed by atoms with Crippen molar-refractivity contribution in [3.8, 4) is 11.3 Å². The van der Waals surface area contributed by atoms with E-state index in [0.717, 1.165) is 33.3 Å². The largest absolute Gasteiger partial charge is 0.325 e. The maximum absolute atomic E-state index is 12.1.